The summed E-state index contributed by atoms with van der Waals surface area (Å²) in [6, 6.07) is 7.67. The number of halogens is 2. The fourth-order valence-electron chi connectivity index (χ4n) is 1.61. The molecule has 6 nitrogen and oxygen atoms in total. The lowest BCUT2D eigenvalue weighted by molar-refractivity contribution is -0.115. The number of benzene rings is 1. The largest absolute Gasteiger partial charge is 0.325 e. The van der Waals surface area contributed by atoms with Gasteiger partial charge in [-0.15, -0.1) is 24.8 Å². The van der Waals surface area contributed by atoms with Crippen molar-refractivity contribution in [1.82, 2.24) is 20.1 Å². The molecule has 2 N–H and O–H groups in total. The van der Waals surface area contributed by atoms with Crippen LogP contribution >= 0.6 is 24.8 Å². The maximum absolute atomic E-state index is 11.4. The van der Waals surface area contributed by atoms with Crippen LogP contribution in [-0.2, 0) is 11.3 Å². The van der Waals surface area contributed by atoms with E-state index < -0.39 is 0 Å². The summed E-state index contributed by atoms with van der Waals surface area (Å²) in [5.41, 5.74) is 1.84. The van der Waals surface area contributed by atoms with Gasteiger partial charge in [-0.3, -0.25) is 4.79 Å². The van der Waals surface area contributed by atoms with Gasteiger partial charge in [0.05, 0.1) is 13.1 Å². The Morgan fingerprint density at radius 3 is 2.80 bits per heavy atom. The van der Waals surface area contributed by atoms with Gasteiger partial charge in [-0.1, -0.05) is 12.1 Å². The molecule has 0 atom stereocenters. The number of nitrogens with zero attached hydrogens (tertiary/aromatic N) is 3. The molecule has 0 saturated heterocycles. The van der Waals surface area contributed by atoms with Crippen molar-refractivity contribution in [1.29, 1.82) is 0 Å². The molecule has 0 aliphatic heterocycles. The molecule has 0 aliphatic carbocycles. The Balaban J connectivity index is 0.00000180. The molecule has 0 saturated carbocycles. The third kappa shape index (κ3) is 5.56. The molecule has 20 heavy (non-hydrogen) atoms. The summed E-state index contributed by atoms with van der Waals surface area (Å²) in [5, 5.41) is 9.66. The SMILES string of the molecule is CNCC(=O)Nc1cccc(Cn2cncn2)c1.Cl.Cl. The first kappa shape index (κ1) is 18.4. The molecule has 0 spiro atoms. The number of carbonyl (C=O) groups excluding carboxylic acids is 1. The summed E-state index contributed by atoms with van der Waals surface area (Å²) in [7, 11) is 1.74. The Kier molecular flexibility index (Phi) is 8.54. The fourth-order valence-corrected chi connectivity index (χ4v) is 1.61. The van der Waals surface area contributed by atoms with Crippen molar-refractivity contribution in [2.45, 2.75) is 6.54 Å². The maximum atomic E-state index is 11.4. The smallest absolute Gasteiger partial charge is 0.238 e. The molecule has 0 radical (unpaired) electrons. The van der Waals surface area contributed by atoms with Crippen molar-refractivity contribution in [3.63, 3.8) is 0 Å². The number of aromatic nitrogens is 3. The van der Waals surface area contributed by atoms with Gasteiger partial charge in [0.15, 0.2) is 0 Å². The van der Waals surface area contributed by atoms with Crippen LogP contribution in [-0.4, -0.2) is 34.3 Å². The lowest BCUT2D eigenvalue weighted by atomic mass is 10.2. The van der Waals surface area contributed by atoms with Crippen molar-refractivity contribution in [3.05, 3.63) is 42.5 Å². The average Bonchev–Trinajstić information content (AvgIpc) is 2.82. The molecular formula is C12H17Cl2N5O. The van der Waals surface area contributed by atoms with Crippen LogP contribution in [0.1, 0.15) is 5.56 Å². The molecule has 0 aliphatic rings. The zero-order chi connectivity index (χ0) is 12.8. The van der Waals surface area contributed by atoms with Gasteiger partial charge in [-0.2, -0.15) is 5.10 Å². The van der Waals surface area contributed by atoms with Crippen molar-refractivity contribution >= 4 is 36.4 Å². The fraction of sp³-hybridized carbons (Fsp3) is 0.250. The average molecular weight is 318 g/mol. The summed E-state index contributed by atoms with van der Waals surface area (Å²) in [4.78, 5) is 15.3. The van der Waals surface area contributed by atoms with Crippen molar-refractivity contribution in [3.8, 4) is 0 Å². The summed E-state index contributed by atoms with van der Waals surface area (Å²) in [6.45, 7) is 0.934. The summed E-state index contributed by atoms with van der Waals surface area (Å²) in [5.74, 6) is -0.0598. The lowest BCUT2D eigenvalue weighted by Crippen LogP contribution is -2.25. The Bertz CT molecular complexity index is 518. The molecule has 2 aromatic rings. The van der Waals surface area contributed by atoms with E-state index in [9.17, 15) is 4.79 Å². The summed E-state index contributed by atoms with van der Waals surface area (Å²) < 4.78 is 1.73. The van der Waals surface area contributed by atoms with Crippen LogP contribution in [0.4, 0.5) is 5.69 Å². The molecule has 1 heterocycles. The van der Waals surface area contributed by atoms with Crippen molar-refractivity contribution in [2.75, 3.05) is 18.9 Å². The van der Waals surface area contributed by atoms with E-state index in [0.717, 1.165) is 11.3 Å². The van der Waals surface area contributed by atoms with E-state index in [4.69, 9.17) is 0 Å². The van der Waals surface area contributed by atoms with E-state index in [0.29, 0.717) is 13.1 Å². The molecule has 0 fully saturated rings. The van der Waals surface area contributed by atoms with Crippen LogP contribution in [0, 0.1) is 0 Å². The van der Waals surface area contributed by atoms with Gasteiger partial charge in [-0.25, -0.2) is 9.67 Å². The number of rotatable bonds is 5. The number of hydrogen-bond donors (Lipinski definition) is 2. The number of amides is 1. The molecule has 0 unspecified atom stereocenters. The highest BCUT2D eigenvalue weighted by molar-refractivity contribution is 5.92. The van der Waals surface area contributed by atoms with Gasteiger partial charge in [0, 0.05) is 5.69 Å². The van der Waals surface area contributed by atoms with Crippen LogP contribution in [0.15, 0.2) is 36.9 Å². The summed E-state index contributed by atoms with van der Waals surface area (Å²) >= 11 is 0. The molecule has 1 amide bonds. The van der Waals surface area contributed by atoms with E-state index in [1.165, 1.54) is 6.33 Å². The first-order chi connectivity index (χ1) is 8.78. The van der Waals surface area contributed by atoms with Gasteiger partial charge < -0.3 is 10.6 Å². The highest BCUT2D eigenvalue weighted by Crippen LogP contribution is 2.11. The number of anilines is 1. The second kappa shape index (κ2) is 9.30. The quantitative estimate of drug-likeness (QED) is 0.872. The highest BCUT2D eigenvalue weighted by atomic mass is 35.5. The van der Waals surface area contributed by atoms with E-state index >= 15 is 0 Å². The Hall–Kier alpha value is -1.63. The first-order valence-corrected chi connectivity index (χ1v) is 5.64. The van der Waals surface area contributed by atoms with Gasteiger partial charge in [0.25, 0.3) is 0 Å². The monoisotopic (exact) mass is 317 g/mol. The van der Waals surface area contributed by atoms with E-state index in [-0.39, 0.29) is 30.7 Å². The van der Waals surface area contributed by atoms with E-state index in [1.54, 1.807) is 18.1 Å². The molecular weight excluding hydrogens is 301 g/mol. The van der Waals surface area contributed by atoms with E-state index in [2.05, 4.69) is 20.7 Å². The normalized spacial score (nSPS) is 9.25. The van der Waals surface area contributed by atoms with Crippen LogP contribution in [0.25, 0.3) is 0 Å². The van der Waals surface area contributed by atoms with Crippen LogP contribution in [0.3, 0.4) is 0 Å². The molecule has 110 valence electrons. The zero-order valence-corrected chi connectivity index (χ0v) is 12.6. The lowest BCUT2D eigenvalue weighted by Gasteiger charge is -2.07. The third-order valence-electron chi connectivity index (χ3n) is 2.36. The van der Waals surface area contributed by atoms with Gasteiger partial charge in [0.2, 0.25) is 5.91 Å². The standard InChI is InChI=1S/C12H15N5O.2ClH/c1-13-6-12(18)16-11-4-2-3-10(5-11)7-17-9-14-8-15-17;;/h2-5,8-9,13H,6-7H2,1H3,(H,16,18);2*1H. The van der Waals surface area contributed by atoms with Gasteiger partial charge in [-0.05, 0) is 24.7 Å². The zero-order valence-electron chi connectivity index (χ0n) is 10.9. The third-order valence-corrected chi connectivity index (χ3v) is 2.36. The Morgan fingerprint density at radius 2 is 2.15 bits per heavy atom. The van der Waals surface area contributed by atoms with Gasteiger partial charge in [0.1, 0.15) is 12.7 Å². The topological polar surface area (TPSA) is 71.8 Å². The molecule has 8 heteroatoms. The minimum absolute atomic E-state index is 0. The van der Waals surface area contributed by atoms with Crippen LogP contribution < -0.4 is 10.6 Å². The van der Waals surface area contributed by atoms with Crippen molar-refractivity contribution in [2.24, 2.45) is 0 Å². The highest BCUT2D eigenvalue weighted by Gasteiger charge is 2.02. The molecule has 1 aromatic heterocycles. The predicted octanol–water partition coefficient (Wildman–Crippen LogP) is 1.33. The van der Waals surface area contributed by atoms with E-state index in [1.807, 2.05) is 24.3 Å². The minimum Gasteiger partial charge on any atom is -0.325 e. The number of likely N-dealkylation sites (N-methyl/N-ethyl adjacent to an activating group) is 1. The number of hydrogen-bond acceptors (Lipinski definition) is 4. The van der Waals surface area contributed by atoms with Crippen LogP contribution in [0.2, 0.25) is 0 Å². The number of carbonyl (C=O) groups is 1. The number of nitrogens with one attached hydrogen (secondary N) is 2. The Labute approximate surface area is 129 Å². The molecule has 0 bridgehead atoms. The predicted molar refractivity (Wildman–Crippen MR) is 82.6 cm³/mol. The minimum atomic E-state index is -0.0598. The second-order valence-corrected chi connectivity index (χ2v) is 3.87. The summed E-state index contributed by atoms with van der Waals surface area (Å²) in [6.07, 6.45) is 3.16. The van der Waals surface area contributed by atoms with Gasteiger partial charge >= 0.3 is 0 Å². The maximum Gasteiger partial charge on any atom is 0.238 e. The Morgan fingerprint density at radius 1 is 1.35 bits per heavy atom. The second-order valence-electron chi connectivity index (χ2n) is 3.87. The van der Waals surface area contributed by atoms with Crippen molar-refractivity contribution < 1.29 is 4.79 Å². The van der Waals surface area contributed by atoms with Crippen LogP contribution in [0.5, 0.6) is 0 Å². The molecule has 2 rings (SSSR count). The molecule has 1 aromatic carbocycles. The first-order valence-electron chi connectivity index (χ1n) is 5.64.